The van der Waals surface area contributed by atoms with E-state index < -0.39 is 0 Å². The van der Waals surface area contributed by atoms with Gasteiger partial charge in [0.25, 0.3) is 0 Å². The molecule has 1 saturated carbocycles. The Kier molecular flexibility index (Phi) is 5.29. The smallest absolute Gasteiger partial charge is 0.234 e. The van der Waals surface area contributed by atoms with Gasteiger partial charge in [0.15, 0.2) is 11.5 Å². The number of amides is 1. The third-order valence-corrected chi connectivity index (χ3v) is 5.36. The number of fused-ring (bicyclic) bond motifs is 1. The lowest BCUT2D eigenvalue weighted by Gasteiger charge is -2.35. The number of nitrogens with zero attached hydrogens (tertiary/aromatic N) is 1. The maximum Gasteiger partial charge on any atom is 0.234 e. The molecule has 132 valence electrons. The maximum atomic E-state index is 12.4. The highest BCUT2D eigenvalue weighted by Gasteiger charge is 2.28. The number of ether oxygens (including phenoxy) is 2. The van der Waals surface area contributed by atoms with Gasteiger partial charge in [0, 0.05) is 12.6 Å². The Morgan fingerprint density at radius 2 is 2.04 bits per heavy atom. The summed E-state index contributed by atoms with van der Waals surface area (Å²) >= 11 is 0. The highest BCUT2D eigenvalue weighted by atomic mass is 16.7. The van der Waals surface area contributed by atoms with Gasteiger partial charge in [-0.1, -0.05) is 32.8 Å². The van der Waals surface area contributed by atoms with E-state index in [2.05, 4.69) is 19.2 Å². The summed E-state index contributed by atoms with van der Waals surface area (Å²) in [4.78, 5) is 14.4. The first-order valence-electron chi connectivity index (χ1n) is 8.89. The first-order valence-corrected chi connectivity index (χ1v) is 8.89. The van der Waals surface area contributed by atoms with Crippen LogP contribution in [-0.2, 0) is 11.3 Å². The van der Waals surface area contributed by atoms with Crippen molar-refractivity contribution in [3.05, 3.63) is 23.8 Å². The second-order valence-corrected chi connectivity index (χ2v) is 7.30. The van der Waals surface area contributed by atoms with Gasteiger partial charge < -0.3 is 14.8 Å². The van der Waals surface area contributed by atoms with Crippen LogP contribution >= 0.6 is 0 Å². The molecule has 1 fully saturated rings. The van der Waals surface area contributed by atoms with Gasteiger partial charge in [0.2, 0.25) is 12.7 Å². The van der Waals surface area contributed by atoms with Gasteiger partial charge >= 0.3 is 0 Å². The minimum atomic E-state index is 0.115. The van der Waals surface area contributed by atoms with Crippen LogP contribution in [0.1, 0.15) is 38.7 Å². The van der Waals surface area contributed by atoms with E-state index in [1.807, 2.05) is 30.1 Å². The molecule has 3 atom stereocenters. The number of carbonyl (C=O) groups is 1. The number of nitrogens with one attached hydrogen (secondary N) is 1. The fraction of sp³-hybridized carbons (Fsp3) is 0.632. The molecule has 1 aromatic rings. The van der Waals surface area contributed by atoms with Crippen molar-refractivity contribution in [2.75, 3.05) is 20.4 Å². The summed E-state index contributed by atoms with van der Waals surface area (Å²) in [6, 6.07) is 6.26. The summed E-state index contributed by atoms with van der Waals surface area (Å²) in [5, 5.41) is 3.23. The third-order valence-electron chi connectivity index (χ3n) is 5.36. The minimum Gasteiger partial charge on any atom is -0.454 e. The van der Waals surface area contributed by atoms with Crippen LogP contribution in [0.15, 0.2) is 18.2 Å². The minimum absolute atomic E-state index is 0.115. The Labute approximate surface area is 144 Å². The fourth-order valence-corrected chi connectivity index (χ4v) is 3.69. The zero-order valence-electron chi connectivity index (χ0n) is 14.9. The van der Waals surface area contributed by atoms with Gasteiger partial charge in [-0.2, -0.15) is 0 Å². The van der Waals surface area contributed by atoms with Crippen LogP contribution < -0.4 is 14.8 Å². The molecule has 1 N–H and O–H groups in total. The number of hydrogen-bond donors (Lipinski definition) is 1. The zero-order chi connectivity index (χ0) is 17.1. The molecule has 2 aliphatic rings. The lowest BCUT2D eigenvalue weighted by atomic mass is 9.78. The van der Waals surface area contributed by atoms with E-state index >= 15 is 0 Å². The molecule has 1 aromatic carbocycles. The van der Waals surface area contributed by atoms with Crippen LogP contribution in [0.25, 0.3) is 0 Å². The fourth-order valence-electron chi connectivity index (χ4n) is 3.69. The lowest BCUT2D eigenvalue weighted by Crippen LogP contribution is -2.46. The van der Waals surface area contributed by atoms with E-state index in [1.54, 1.807) is 0 Å². The van der Waals surface area contributed by atoms with Crippen molar-refractivity contribution in [1.29, 1.82) is 0 Å². The summed E-state index contributed by atoms with van der Waals surface area (Å²) in [5.74, 6) is 2.94. The first kappa shape index (κ1) is 17.1. The molecule has 0 radical (unpaired) electrons. The molecular formula is C19H28N2O3. The van der Waals surface area contributed by atoms with Crippen molar-refractivity contribution < 1.29 is 14.3 Å². The Hall–Kier alpha value is -1.75. The molecule has 3 unspecified atom stereocenters. The van der Waals surface area contributed by atoms with E-state index in [0.29, 0.717) is 31.0 Å². The van der Waals surface area contributed by atoms with Crippen LogP contribution in [0.2, 0.25) is 0 Å². The molecule has 1 aliphatic heterocycles. The van der Waals surface area contributed by atoms with Crippen molar-refractivity contribution >= 4 is 5.91 Å². The van der Waals surface area contributed by atoms with E-state index in [4.69, 9.17) is 9.47 Å². The highest BCUT2D eigenvalue weighted by molar-refractivity contribution is 5.78. The summed E-state index contributed by atoms with van der Waals surface area (Å²) < 4.78 is 10.7. The van der Waals surface area contributed by atoms with Gasteiger partial charge in [0.1, 0.15) is 0 Å². The van der Waals surface area contributed by atoms with Crippen LogP contribution in [0, 0.1) is 11.8 Å². The Balaban J connectivity index is 1.49. The topological polar surface area (TPSA) is 50.8 Å². The first-order chi connectivity index (χ1) is 11.5. The van der Waals surface area contributed by atoms with E-state index in [-0.39, 0.29) is 12.7 Å². The maximum absolute atomic E-state index is 12.4. The molecule has 1 aliphatic carbocycles. The molecule has 1 heterocycles. The average molecular weight is 332 g/mol. The zero-order valence-corrected chi connectivity index (χ0v) is 14.9. The summed E-state index contributed by atoms with van der Waals surface area (Å²) in [5.41, 5.74) is 1.12. The van der Waals surface area contributed by atoms with Gasteiger partial charge in [-0.3, -0.25) is 9.69 Å². The Morgan fingerprint density at radius 3 is 2.88 bits per heavy atom. The highest BCUT2D eigenvalue weighted by Crippen LogP contribution is 2.32. The summed E-state index contributed by atoms with van der Waals surface area (Å²) in [6.07, 6.45) is 3.59. The van der Waals surface area contributed by atoms with Crippen LogP contribution in [0.3, 0.4) is 0 Å². The molecule has 5 heteroatoms. The quantitative estimate of drug-likeness (QED) is 0.901. The van der Waals surface area contributed by atoms with Gasteiger partial charge in [-0.15, -0.1) is 0 Å². The lowest BCUT2D eigenvalue weighted by molar-refractivity contribution is -0.123. The van der Waals surface area contributed by atoms with Crippen molar-refractivity contribution in [2.45, 2.75) is 45.7 Å². The normalized spacial score (nSPS) is 25.8. The number of benzene rings is 1. The SMILES string of the molecule is CC1CCCC(NC(=O)CN(C)Cc2ccc3c(c2)OCO3)C1C. The van der Waals surface area contributed by atoms with E-state index in [9.17, 15) is 4.79 Å². The van der Waals surface area contributed by atoms with Crippen LogP contribution in [0.4, 0.5) is 0 Å². The van der Waals surface area contributed by atoms with E-state index in [0.717, 1.165) is 23.5 Å². The molecule has 0 bridgehead atoms. The van der Waals surface area contributed by atoms with Crippen molar-refractivity contribution in [3.8, 4) is 11.5 Å². The van der Waals surface area contributed by atoms with Gasteiger partial charge in [0.05, 0.1) is 6.54 Å². The Bertz CT molecular complexity index is 590. The second kappa shape index (κ2) is 7.43. The Morgan fingerprint density at radius 1 is 1.25 bits per heavy atom. The number of likely N-dealkylation sites (N-methyl/N-ethyl adjacent to an activating group) is 1. The van der Waals surface area contributed by atoms with E-state index in [1.165, 1.54) is 12.8 Å². The van der Waals surface area contributed by atoms with Crippen molar-refractivity contribution in [2.24, 2.45) is 11.8 Å². The molecule has 24 heavy (non-hydrogen) atoms. The third kappa shape index (κ3) is 4.01. The van der Waals surface area contributed by atoms with Crippen LogP contribution in [-0.4, -0.2) is 37.2 Å². The van der Waals surface area contributed by atoms with Crippen molar-refractivity contribution in [3.63, 3.8) is 0 Å². The predicted molar refractivity (Wildman–Crippen MR) is 93.0 cm³/mol. The standard InChI is InChI=1S/C19H28N2O3/c1-13-5-4-6-16(14(13)2)20-19(22)11-21(3)10-15-7-8-17-18(9-15)24-12-23-17/h7-9,13-14,16H,4-6,10-12H2,1-3H3,(H,20,22). The largest absolute Gasteiger partial charge is 0.454 e. The number of carbonyl (C=O) groups excluding carboxylic acids is 1. The van der Waals surface area contributed by atoms with Crippen molar-refractivity contribution in [1.82, 2.24) is 10.2 Å². The number of hydrogen-bond acceptors (Lipinski definition) is 4. The molecule has 0 aromatic heterocycles. The van der Waals surface area contributed by atoms with Gasteiger partial charge in [-0.25, -0.2) is 0 Å². The molecular weight excluding hydrogens is 304 g/mol. The van der Waals surface area contributed by atoms with Crippen LogP contribution in [0.5, 0.6) is 11.5 Å². The molecule has 3 rings (SSSR count). The average Bonchev–Trinajstić information content (AvgIpc) is 2.99. The number of rotatable bonds is 5. The monoisotopic (exact) mass is 332 g/mol. The molecule has 0 spiro atoms. The molecule has 1 amide bonds. The summed E-state index contributed by atoms with van der Waals surface area (Å²) in [6.45, 7) is 5.95. The molecule has 0 saturated heterocycles. The summed E-state index contributed by atoms with van der Waals surface area (Å²) in [7, 11) is 1.97. The van der Waals surface area contributed by atoms with Gasteiger partial charge in [-0.05, 0) is 43.0 Å². The predicted octanol–water partition coefficient (Wildman–Crippen LogP) is 2.79. The molecule has 5 nitrogen and oxygen atoms in total. The second-order valence-electron chi connectivity index (χ2n) is 7.30.